The molecular weight excluding hydrogens is 274 g/mol. The Balaban J connectivity index is 1.49. The second-order valence-corrected chi connectivity index (χ2v) is 6.32. The van der Waals surface area contributed by atoms with Gasteiger partial charge in [0, 0.05) is 38.8 Å². The minimum absolute atomic E-state index is 0.133. The van der Waals surface area contributed by atoms with Crippen LogP contribution in [0.4, 0.5) is 0 Å². The maximum absolute atomic E-state index is 12.4. The zero-order valence-corrected chi connectivity index (χ0v) is 12.3. The van der Waals surface area contributed by atoms with Crippen molar-refractivity contribution >= 4 is 17.2 Å². The van der Waals surface area contributed by atoms with Gasteiger partial charge in [-0.2, -0.15) is 11.3 Å². The summed E-state index contributed by atoms with van der Waals surface area (Å²) in [6.45, 7) is 5.44. The summed E-state index contributed by atoms with van der Waals surface area (Å²) in [6.07, 6.45) is 0. The number of rotatable bonds is 3. The molecule has 3 heterocycles. The van der Waals surface area contributed by atoms with Gasteiger partial charge in [0.05, 0.1) is 19.1 Å². The molecule has 2 aliphatic rings. The first-order valence-corrected chi connectivity index (χ1v) is 8.04. The molecule has 2 atom stereocenters. The van der Waals surface area contributed by atoms with Crippen LogP contribution in [0.1, 0.15) is 5.56 Å². The Morgan fingerprint density at radius 3 is 2.75 bits per heavy atom. The van der Waals surface area contributed by atoms with E-state index >= 15 is 0 Å². The molecule has 0 aliphatic carbocycles. The van der Waals surface area contributed by atoms with Gasteiger partial charge < -0.3 is 15.4 Å². The fraction of sp³-hybridized carbons (Fsp3) is 0.643. The number of nitrogens with two attached hydrogens (primary N) is 1. The first-order valence-electron chi connectivity index (χ1n) is 7.09. The maximum atomic E-state index is 12.4. The Morgan fingerprint density at radius 2 is 2.15 bits per heavy atom. The first-order chi connectivity index (χ1) is 9.74. The van der Waals surface area contributed by atoms with Crippen LogP contribution in [-0.2, 0) is 16.1 Å². The Bertz CT molecular complexity index is 443. The summed E-state index contributed by atoms with van der Waals surface area (Å²) in [7, 11) is 0. The molecule has 1 aromatic heterocycles. The standard InChI is InChI=1S/C14H21N3O2S/c15-13-9-19-8-12(13)14(18)17-4-2-16(3-5-17)7-11-1-6-20-10-11/h1,6,10,12-13H,2-5,7-9,15H2. The SMILES string of the molecule is NC1COCC1C(=O)N1CCN(Cc2ccsc2)CC1. The third-order valence-corrected chi connectivity index (χ3v) is 4.84. The molecule has 5 nitrogen and oxygen atoms in total. The highest BCUT2D eigenvalue weighted by Crippen LogP contribution is 2.17. The number of piperazine rings is 1. The van der Waals surface area contributed by atoms with Crippen molar-refractivity contribution in [2.24, 2.45) is 11.7 Å². The highest BCUT2D eigenvalue weighted by molar-refractivity contribution is 7.07. The predicted molar refractivity (Wildman–Crippen MR) is 78.5 cm³/mol. The molecule has 0 saturated carbocycles. The van der Waals surface area contributed by atoms with E-state index in [2.05, 4.69) is 21.7 Å². The van der Waals surface area contributed by atoms with Crippen molar-refractivity contribution in [3.8, 4) is 0 Å². The van der Waals surface area contributed by atoms with Crippen molar-refractivity contribution in [2.45, 2.75) is 12.6 Å². The van der Waals surface area contributed by atoms with Gasteiger partial charge in [-0.25, -0.2) is 0 Å². The van der Waals surface area contributed by atoms with Gasteiger partial charge in [-0.1, -0.05) is 0 Å². The average Bonchev–Trinajstić information content (AvgIpc) is 3.10. The lowest BCUT2D eigenvalue weighted by atomic mass is 10.0. The number of hydrogen-bond donors (Lipinski definition) is 1. The smallest absolute Gasteiger partial charge is 0.229 e. The van der Waals surface area contributed by atoms with Crippen LogP contribution in [-0.4, -0.2) is 61.1 Å². The molecule has 6 heteroatoms. The van der Waals surface area contributed by atoms with Crippen LogP contribution in [0.25, 0.3) is 0 Å². The Hall–Kier alpha value is -0.950. The minimum Gasteiger partial charge on any atom is -0.379 e. The molecule has 0 radical (unpaired) electrons. The number of nitrogens with zero attached hydrogens (tertiary/aromatic N) is 2. The number of amides is 1. The molecule has 0 aromatic carbocycles. The van der Waals surface area contributed by atoms with Crippen molar-refractivity contribution < 1.29 is 9.53 Å². The molecule has 2 unspecified atom stereocenters. The Kier molecular flexibility index (Phi) is 4.35. The van der Waals surface area contributed by atoms with Gasteiger partial charge in [0.2, 0.25) is 5.91 Å². The van der Waals surface area contributed by atoms with Crippen molar-refractivity contribution in [1.29, 1.82) is 0 Å². The van der Waals surface area contributed by atoms with E-state index < -0.39 is 0 Å². The van der Waals surface area contributed by atoms with Crippen LogP contribution in [0.2, 0.25) is 0 Å². The van der Waals surface area contributed by atoms with E-state index in [1.807, 2.05) is 4.90 Å². The van der Waals surface area contributed by atoms with Crippen LogP contribution < -0.4 is 5.73 Å². The van der Waals surface area contributed by atoms with Crippen molar-refractivity contribution in [1.82, 2.24) is 9.80 Å². The van der Waals surface area contributed by atoms with E-state index in [1.165, 1.54) is 5.56 Å². The minimum atomic E-state index is -0.140. The highest BCUT2D eigenvalue weighted by Gasteiger charge is 2.35. The average molecular weight is 295 g/mol. The van der Waals surface area contributed by atoms with E-state index in [0.717, 1.165) is 32.7 Å². The summed E-state index contributed by atoms with van der Waals surface area (Å²) in [6, 6.07) is 2.03. The third-order valence-electron chi connectivity index (χ3n) is 4.11. The molecule has 110 valence electrons. The number of carbonyl (C=O) groups excluding carboxylic acids is 1. The van der Waals surface area contributed by atoms with Gasteiger partial charge in [-0.3, -0.25) is 9.69 Å². The van der Waals surface area contributed by atoms with E-state index in [9.17, 15) is 4.79 Å². The van der Waals surface area contributed by atoms with Crippen molar-refractivity contribution in [3.05, 3.63) is 22.4 Å². The monoisotopic (exact) mass is 295 g/mol. The number of hydrogen-bond acceptors (Lipinski definition) is 5. The molecule has 2 N–H and O–H groups in total. The van der Waals surface area contributed by atoms with Gasteiger partial charge in [-0.05, 0) is 22.4 Å². The molecule has 2 aliphatic heterocycles. The fourth-order valence-corrected chi connectivity index (χ4v) is 3.49. The number of carbonyl (C=O) groups is 1. The zero-order valence-electron chi connectivity index (χ0n) is 11.5. The van der Waals surface area contributed by atoms with Gasteiger partial charge in [0.25, 0.3) is 0 Å². The molecule has 20 heavy (non-hydrogen) atoms. The van der Waals surface area contributed by atoms with Gasteiger partial charge in [0.15, 0.2) is 0 Å². The van der Waals surface area contributed by atoms with Crippen molar-refractivity contribution in [2.75, 3.05) is 39.4 Å². The van der Waals surface area contributed by atoms with Crippen LogP contribution in [0, 0.1) is 5.92 Å². The largest absolute Gasteiger partial charge is 0.379 e. The van der Waals surface area contributed by atoms with Gasteiger partial charge in [0.1, 0.15) is 0 Å². The third kappa shape index (κ3) is 3.03. The molecular formula is C14H21N3O2S. The lowest BCUT2D eigenvalue weighted by Gasteiger charge is -2.36. The number of ether oxygens (including phenoxy) is 1. The number of thiophene rings is 1. The summed E-state index contributed by atoms with van der Waals surface area (Å²) < 4.78 is 5.29. The second-order valence-electron chi connectivity index (χ2n) is 5.54. The summed E-state index contributed by atoms with van der Waals surface area (Å²) in [5.74, 6) is 0.0311. The van der Waals surface area contributed by atoms with Gasteiger partial charge in [-0.15, -0.1) is 0 Å². The maximum Gasteiger partial charge on any atom is 0.229 e. The van der Waals surface area contributed by atoms with Crippen LogP contribution in [0.5, 0.6) is 0 Å². The Labute approximate surface area is 123 Å². The summed E-state index contributed by atoms with van der Waals surface area (Å²) in [4.78, 5) is 16.7. The summed E-state index contributed by atoms with van der Waals surface area (Å²) in [5.41, 5.74) is 7.28. The molecule has 0 spiro atoms. The quantitative estimate of drug-likeness (QED) is 0.875. The molecule has 1 aromatic rings. The molecule has 2 fully saturated rings. The zero-order chi connectivity index (χ0) is 13.9. The normalized spacial score (nSPS) is 27.9. The van der Waals surface area contributed by atoms with E-state index in [4.69, 9.17) is 10.5 Å². The topological polar surface area (TPSA) is 58.8 Å². The van der Waals surface area contributed by atoms with Gasteiger partial charge >= 0.3 is 0 Å². The van der Waals surface area contributed by atoms with E-state index in [0.29, 0.717) is 13.2 Å². The lowest BCUT2D eigenvalue weighted by Crippen LogP contribution is -2.52. The van der Waals surface area contributed by atoms with E-state index in [1.54, 1.807) is 11.3 Å². The molecule has 0 bridgehead atoms. The molecule has 2 saturated heterocycles. The molecule has 3 rings (SSSR count). The predicted octanol–water partition coefficient (Wildman–Crippen LogP) is 0.366. The van der Waals surface area contributed by atoms with Crippen LogP contribution in [0.3, 0.4) is 0 Å². The second kappa shape index (κ2) is 6.22. The summed E-state index contributed by atoms with van der Waals surface area (Å²) in [5, 5.41) is 4.29. The summed E-state index contributed by atoms with van der Waals surface area (Å²) >= 11 is 1.73. The van der Waals surface area contributed by atoms with E-state index in [-0.39, 0.29) is 17.9 Å². The van der Waals surface area contributed by atoms with Crippen LogP contribution >= 0.6 is 11.3 Å². The molecule has 1 amide bonds. The lowest BCUT2D eigenvalue weighted by molar-refractivity contribution is -0.137. The van der Waals surface area contributed by atoms with Crippen LogP contribution in [0.15, 0.2) is 16.8 Å². The highest BCUT2D eigenvalue weighted by atomic mass is 32.1. The Morgan fingerprint density at radius 1 is 1.35 bits per heavy atom. The fourth-order valence-electron chi connectivity index (χ4n) is 2.83. The van der Waals surface area contributed by atoms with Crippen molar-refractivity contribution in [3.63, 3.8) is 0 Å². The first kappa shape index (κ1) is 14.0.